The molecule has 1 N–H and O–H groups in total. The predicted octanol–water partition coefficient (Wildman–Crippen LogP) is 0.573. The van der Waals surface area contributed by atoms with Crippen LogP contribution in [0.1, 0.15) is 5.56 Å². The van der Waals surface area contributed by atoms with Gasteiger partial charge in [0.15, 0.2) is 0 Å². The van der Waals surface area contributed by atoms with E-state index in [-0.39, 0.29) is 6.54 Å². The molecule has 78 valence electrons. The summed E-state index contributed by atoms with van der Waals surface area (Å²) in [5.41, 5.74) is 0.991. The zero-order valence-electron chi connectivity index (χ0n) is 7.70. The Kier molecular flexibility index (Phi) is 3.55. The van der Waals surface area contributed by atoms with E-state index in [4.69, 9.17) is 0 Å². The van der Waals surface area contributed by atoms with Gasteiger partial charge in [-0.25, -0.2) is 0 Å². The smallest absolute Gasteiger partial charge is 0.315 e. The molecule has 1 rings (SSSR count). The lowest BCUT2D eigenvalue weighted by molar-refractivity contribution is -0.131. The Balaban J connectivity index is 2.25. The van der Waals surface area contributed by atoms with Gasteiger partial charge in [-0.15, -0.1) is 0 Å². The van der Waals surface area contributed by atoms with Crippen LogP contribution < -0.4 is 5.32 Å². The molecule has 0 saturated carbocycles. The maximum absolute atomic E-state index is 11.7. The number of rotatable bonds is 4. The third-order valence-corrected chi connectivity index (χ3v) is 1.60. The number of hydrogen-bond donors (Lipinski definition) is 1. The molecule has 1 aromatic rings. The first-order chi connectivity index (χ1) is 6.59. The Hall–Kier alpha value is -1.46. The zero-order chi connectivity index (χ0) is 10.6. The van der Waals surface area contributed by atoms with Crippen LogP contribution in [0.25, 0.3) is 0 Å². The number of alkyl halides is 2. The van der Waals surface area contributed by atoms with E-state index in [1.807, 2.05) is 6.92 Å². The average molecular weight is 203 g/mol. The molecule has 0 aliphatic carbocycles. The first kappa shape index (κ1) is 10.6. The highest BCUT2D eigenvalue weighted by molar-refractivity contribution is 5.78. The second kappa shape index (κ2) is 4.69. The quantitative estimate of drug-likeness (QED) is 0.777. The van der Waals surface area contributed by atoms with Gasteiger partial charge in [-0.1, -0.05) is 0 Å². The lowest BCUT2D eigenvalue weighted by atomic mass is 10.4. The average Bonchev–Trinajstić information content (AvgIpc) is 2.51. The van der Waals surface area contributed by atoms with Crippen molar-refractivity contribution in [3.8, 4) is 0 Å². The summed E-state index contributed by atoms with van der Waals surface area (Å²) in [5.74, 6) is -1.24. The molecular weight excluding hydrogens is 192 g/mol. The standard InChI is InChI=1S/C8H11F2N3O/c1-6-4-12-13(5-6)3-2-11-8(14)7(9)10/h4-5,7H,2-3H2,1H3,(H,11,14). The number of carbonyl (C=O) groups excluding carboxylic acids is 1. The lowest BCUT2D eigenvalue weighted by Gasteiger charge is -2.03. The van der Waals surface area contributed by atoms with E-state index in [0.717, 1.165) is 5.56 Å². The van der Waals surface area contributed by atoms with Crippen molar-refractivity contribution < 1.29 is 13.6 Å². The molecule has 0 aliphatic rings. The van der Waals surface area contributed by atoms with Gasteiger partial charge in [0.1, 0.15) is 0 Å². The van der Waals surface area contributed by atoms with Crippen LogP contribution in [0, 0.1) is 6.92 Å². The summed E-state index contributed by atoms with van der Waals surface area (Å²) in [7, 11) is 0. The minimum atomic E-state index is -2.95. The van der Waals surface area contributed by atoms with Gasteiger partial charge in [-0.05, 0) is 12.5 Å². The molecule has 4 nitrogen and oxygen atoms in total. The third-order valence-electron chi connectivity index (χ3n) is 1.60. The molecular formula is C8H11F2N3O. The first-order valence-corrected chi connectivity index (χ1v) is 4.14. The monoisotopic (exact) mass is 203 g/mol. The molecule has 0 aliphatic heterocycles. The number of hydrogen-bond acceptors (Lipinski definition) is 2. The molecule has 0 unspecified atom stereocenters. The van der Waals surface area contributed by atoms with Gasteiger partial charge >= 0.3 is 6.43 Å². The lowest BCUT2D eigenvalue weighted by Crippen LogP contribution is -2.32. The number of nitrogens with one attached hydrogen (secondary N) is 1. The Morgan fingerprint density at radius 1 is 1.71 bits per heavy atom. The maximum atomic E-state index is 11.7. The van der Waals surface area contributed by atoms with Gasteiger partial charge in [0.2, 0.25) is 0 Å². The molecule has 14 heavy (non-hydrogen) atoms. The number of aryl methyl sites for hydroxylation is 1. The van der Waals surface area contributed by atoms with Crippen LogP contribution in [-0.4, -0.2) is 28.7 Å². The van der Waals surface area contributed by atoms with Crippen LogP contribution in [0.2, 0.25) is 0 Å². The third kappa shape index (κ3) is 3.12. The molecule has 1 aromatic heterocycles. The zero-order valence-corrected chi connectivity index (χ0v) is 7.70. The van der Waals surface area contributed by atoms with Crippen molar-refractivity contribution in [2.24, 2.45) is 0 Å². The van der Waals surface area contributed by atoms with E-state index in [0.29, 0.717) is 6.54 Å². The van der Waals surface area contributed by atoms with Crippen molar-refractivity contribution in [1.82, 2.24) is 15.1 Å². The van der Waals surface area contributed by atoms with E-state index in [2.05, 4.69) is 10.4 Å². The Labute approximate surface area is 79.9 Å². The van der Waals surface area contributed by atoms with Gasteiger partial charge < -0.3 is 5.32 Å². The molecule has 0 radical (unpaired) electrons. The molecule has 0 spiro atoms. The van der Waals surface area contributed by atoms with Crippen LogP contribution in [0.3, 0.4) is 0 Å². The molecule has 0 aromatic carbocycles. The Morgan fingerprint density at radius 2 is 2.43 bits per heavy atom. The van der Waals surface area contributed by atoms with Gasteiger partial charge in [-0.3, -0.25) is 9.48 Å². The number of halogens is 2. The van der Waals surface area contributed by atoms with Crippen LogP contribution >= 0.6 is 0 Å². The van der Waals surface area contributed by atoms with Crippen molar-refractivity contribution in [2.45, 2.75) is 19.9 Å². The summed E-state index contributed by atoms with van der Waals surface area (Å²) in [4.78, 5) is 10.4. The van der Waals surface area contributed by atoms with E-state index < -0.39 is 12.3 Å². The van der Waals surface area contributed by atoms with E-state index >= 15 is 0 Å². The first-order valence-electron chi connectivity index (χ1n) is 4.14. The maximum Gasteiger partial charge on any atom is 0.315 e. The minimum Gasteiger partial charge on any atom is -0.349 e. The second-order valence-corrected chi connectivity index (χ2v) is 2.87. The van der Waals surface area contributed by atoms with Crippen molar-refractivity contribution in [2.75, 3.05) is 6.54 Å². The fraction of sp³-hybridized carbons (Fsp3) is 0.500. The Morgan fingerprint density at radius 3 is 2.93 bits per heavy atom. The summed E-state index contributed by atoms with van der Waals surface area (Å²) in [6, 6.07) is 0. The highest BCUT2D eigenvalue weighted by atomic mass is 19.3. The van der Waals surface area contributed by atoms with Crippen molar-refractivity contribution >= 4 is 5.91 Å². The van der Waals surface area contributed by atoms with Crippen molar-refractivity contribution in [1.29, 1.82) is 0 Å². The number of amides is 1. The van der Waals surface area contributed by atoms with E-state index in [1.165, 1.54) is 0 Å². The molecule has 6 heteroatoms. The minimum absolute atomic E-state index is 0.157. The van der Waals surface area contributed by atoms with Gasteiger partial charge in [0.05, 0.1) is 12.7 Å². The fourth-order valence-corrected chi connectivity index (χ4v) is 0.960. The largest absolute Gasteiger partial charge is 0.349 e. The fourth-order valence-electron chi connectivity index (χ4n) is 0.960. The number of carbonyl (C=O) groups is 1. The molecule has 0 saturated heterocycles. The van der Waals surface area contributed by atoms with Gasteiger partial charge in [0.25, 0.3) is 5.91 Å². The van der Waals surface area contributed by atoms with Crippen LogP contribution in [0.5, 0.6) is 0 Å². The summed E-state index contributed by atoms with van der Waals surface area (Å²) >= 11 is 0. The summed E-state index contributed by atoms with van der Waals surface area (Å²) in [6.45, 7) is 2.43. The summed E-state index contributed by atoms with van der Waals surface area (Å²) < 4.78 is 25.0. The van der Waals surface area contributed by atoms with Gasteiger partial charge in [-0.2, -0.15) is 13.9 Å². The Bertz CT molecular complexity index is 311. The van der Waals surface area contributed by atoms with Gasteiger partial charge in [0, 0.05) is 12.7 Å². The summed E-state index contributed by atoms with van der Waals surface area (Å²) in [6.07, 6.45) is 0.484. The highest BCUT2D eigenvalue weighted by Crippen LogP contribution is 1.94. The van der Waals surface area contributed by atoms with Crippen molar-refractivity contribution in [3.05, 3.63) is 18.0 Å². The van der Waals surface area contributed by atoms with Crippen LogP contribution in [-0.2, 0) is 11.3 Å². The van der Waals surface area contributed by atoms with E-state index in [1.54, 1.807) is 17.1 Å². The SMILES string of the molecule is Cc1cnn(CCNC(=O)C(F)F)c1. The normalized spacial score (nSPS) is 10.6. The van der Waals surface area contributed by atoms with Crippen molar-refractivity contribution in [3.63, 3.8) is 0 Å². The molecule has 0 fully saturated rings. The number of nitrogens with zero attached hydrogens (tertiary/aromatic N) is 2. The molecule has 1 heterocycles. The highest BCUT2D eigenvalue weighted by Gasteiger charge is 2.13. The molecule has 1 amide bonds. The van der Waals surface area contributed by atoms with Crippen LogP contribution in [0.15, 0.2) is 12.4 Å². The second-order valence-electron chi connectivity index (χ2n) is 2.87. The van der Waals surface area contributed by atoms with Crippen LogP contribution in [0.4, 0.5) is 8.78 Å². The predicted molar refractivity (Wildman–Crippen MR) is 46.0 cm³/mol. The number of aromatic nitrogens is 2. The van der Waals surface area contributed by atoms with E-state index in [9.17, 15) is 13.6 Å². The molecule has 0 bridgehead atoms. The topological polar surface area (TPSA) is 46.9 Å². The molecule has 0 atom stereocenters. The summed E-state index contributed by atoms with van der Waals surface area (Å²) in [5, 5.41) is 6.03.